The minimum atomic E-state index is -1.52. The van der Waals surface area contributed by atoms with Crippen LogP contribution in [0.3, 0.4) is 0 Å². The van der Waals surface area contributed by atoms with E-state index >= 15 is 0 Å². The highest BCUT2D eigenvalue weighted by Gasteiger charge is 2.29. The zero-order valence-corrected chi connectivity index (χ0v) is 19.0. The summed E-state index contributed by atoms with van der Waals surface area (Å²) in [6.07, 6.45) is 0.590. The predicted octanol–water partition coefficient (Wildman–Crippen LogP) is -0.936. The zero-order chi connectivity index (χ0) is 24.3. The van der Waals surface area contributed by atoms with Gasteiger partial charge in [-0.1, -0.05) is 44.2 Å². The molecule has 0 saturated carbocycles. The van der Waals surface area contributed by atoms with Crippen LogP contribution in [0.1, 0.15) is 25.8 Å². The van der Waals surface area contributed by atoms with Crippen LogP contribution in [0, 0.1) is 5.92 Å². The number of nitrogens with two attached hydrogens (primary N) is 1. The summed E-state index contributed by atoms with van der Waals surface area (Å²) in [6, 6.07) is 4.47. The Bertz CT molecular complexity index is 777. The van der Waals surface area contributed by atoms with Crippen molar-refractivity contribution in [3.63, 3.8) is 0 Å². The Morgan fingerprint density at radius 2 is 1.47 bits per heavy atom. The normalized spacial score (nSPS) is 14.7. The Hall–Kier alpha value is -2.63. The van der Waals surface area contributed by atoms with E-state index in [4.69, 9.17) is 15.9 Å². The summed E-state index contributed by atoms with van der Waals surface area (Å²) in [7, 11) is 0. The van der Waals surface area contributed by atoms with Crippen LogP contribution in [0.2, 0.25) is 0 Å². The van der Waals surface area contributed by atoms with Crippen LogP contribution in [0.4, 0.5) is 0 Å². The summed E-state index contributed by atoms with van der Waals surface area (Å²) in [6.45, 7) is 3.04. The lowest BCUT2D eigenvalue weighted by atomic mass is 10.0. The van der Waals surface area contributed by atoms with E-state index in [2.05, 4.69) is 28.6 Å². The van der Waals surface area contributed by atoms with Gasteiger partial charge >= 0.3 is 5.97 Å². The number of carboxylic acids is 1. The number of rotatable bonds is 13. The lowest BCUT2D eigenvalue weighted by molar-refractivity contribution is -0.143. The molecular formula is C21H32N4O6S. The van der Waals surface area contributed by atoms with Gasteiger partial charge in [0.15, 0.2) is 0 Å². The van der Waals surface area contributed by atoms with Gasteiger partial charge in [0, 0.05) is 12.2 Å². The molecule has 7 N–H and O–H groups in total. The molecule has 0 bridgehead atoms. The van der Waals surface area contributed by atoms with E-state index < -0.39 is 54.5 Å². The van der Waals surface area contributed by atoms with Crippen LogP contribution in [-0.4, -0.2) is 70.4 Å². The average Bonchev–Trinajstić information content (AvgIpc) is 2.74. The highest BCUT2D eigenvalue weighted by atomic mass is 32.1. The molecule has 32 heavy (non-hydrogen) atoms. The van der Waals surface area contributed by atoms with E-state index in [0.29, 0.717) is 6.42 Å². The number of hydrogen-bond donors (Lipinski definition) is 7. The number of aliphatic carboxylic acids is 1. The first-order valence-electron chi connectivity index (χ1n) is 10.2. The van der Waals surface area contributed by atoms with Crippen molar-refractivity contribution in [1.29, 1.82) is 0 Å². The summed E-state index contributed by atoms with van der Waals surface area (Å²) >= 11 is 4.05. The fourth-order valence-electron chi connectivity index (χ4n) is 2.88. The molecule has 0 aliphatic rings. The zero-order valence-electron chi connectivity index (χ0n) is 18.2. The number of hydrogen-bond acceptors (Lipinski definition) is 7. The predicted molar refractivity (Wildman–Crippen MR) is 122 cm³/mol. The minimum Gasteiger partial charge on any atom is -0.480 e. The number of thiol groups is 1. The van der Waals surface area contributed by atoms with E-state index in [0.717, 1.165) is 5.56 Å². The molecule has 3 amide bonds. The summed E-state index contributed by atoms with van der Waals surface area (Å²) in [5.74, 6) is -3.33. The fourth-order valence-corrected chi connectivity index (χ4v) is 3.13. The van der Waals surface area contributed by atoms with Gasteiger partial charge in [0.05, 0.1) is 12.6 Å². The lowest BCUT2D eigenvalue weighted by Gasteiger charge is -2.24. The van der Waals surface area contributed by atoms with Crippen molar-refractivity contribution in [2.45, 2.75) is 50.9 Å². The molecule has 178 valence electrons. The largest absolute Gasteiger partial charge is 0.480 e. The van der Waals surface area contributed by atoms with Crippen molar-refractivity contribution >= 4 is 36.3 Å². The Kier molecular flexibility index (Phi) is 11.7. The monoisotopic (exact) mass is 468 g/mol. The molecule has 0 aliphatic carbocycles. The van der Waals surface area contributed by atoms with Crippen LogP contribution in [0.25, 0.3) is 0 Å². The average molecular weight is 469 g/mol. The molecular weight excluding hydrogens is 436 g/mol. The van der Waals surface area contributed by atoms with E-state index in [9.17, 15) is 19.2 Å². The van der Waals surface area contributed by atoms with Crippen molar-refractivity contribution < 1.29 is 29.4 Å². The molecule has 0 radical (unpaired) electrons. The number of aliphatic hydroxyl groups excluding tert-OH is 1. The number of nitrogens with one attached hydrogen (secondary N) is 3. The molecule has 4 unspecified atom stereocenters. The SMILES string of the molecule is CC(C)CC(N)C(=O)NC(Cc1ccccc1)C(=O)NC(CS)C(=O)NC(CO)C(=O)O. The maximum absolute atomic E-state index is 12.9. The van der Waals surface area contributed by atoms with Crippen molar-refractivity contribution in [3.05, 3.63) is 35.9 Å². The molecule has 0 fully saturated rings. The summed E-state index contributed by atoms with van der Waals surface area (Å²) in [5.41, 5.74) is 6.72. The second kappa shape index (κ2) is 13.7. The maximum atomic E-state index is 12.9. The topological polar surface area (TPSA) is 171 Å². The van der Waals surface area contributed by atoms with Gasteiger partial charge in [0.2, 0.25) is 17.7 Å². The number of carbonyl (C=O) groups is 4. The Morgan fingerprint density at radius 1 is 0.938 bits per heavy atom. The third-order valence-corrected chi connectivity index (χ3v) is 4.96. The van der Waals surface area contributed by atoms with Gasteiger partial charge in [-0.05, 0) is 17.9 Å². The summed E-state index contributed by atoms with van der Waals surface area (Å²) in [4.78, 5) is 48.9. The first-order chi connectivity index (χ1) is 15.1. The van der Waals surface area contributed by atoms with E-state index in [1.807, 2.05) is 19.9 Å². The number of benzene rings is 1. The van der Waals surface area contributed by atoms with Crippen molar-refractivity contribution in [2.24, 2.45) is 11.7 Å². The molecule has 0 saturated heterocycles. The van der Waals surface area contributed by atoms with Crippen LogP contribution in [-0.2, 0) is 25.6 Å². The van der Waals surface area contributed by atoms with Crippen molar-refractivity contribution in [3.8, 4) is 0 Å². The van der Waals surface area contributed by atoms with E-state index in [-0.39, 0.29) is 18.1 Å². The standard InChI is InChI=1S/C21H32N4O6S/c1-12(2)8-14(22)18(27)23-15(9-13-6-4-3-5-7-13)19(28)25-17(11-32)20(29)24-16(10-26)21(30)31/h3-7,12,14-17,26,32H,8-11,22H2,1-2H3,(H,23,27)(H,24,29)(H,25,28)(H,30,31). The van der Waals surface area contributed by atoms with Crippen LogP contribution < -0.4 is 21.7 Å². The number of aliphatic hydroxyl groups is 1. The van der Waals surface area contributed by atoms with Crippen LogP contribution in [0.15, 0.2) is 30.3 Å². The molecule has 0 spiro atoms. The van der Waals surface area contributed by atoms with Gasteiger partial charge in [0.1, 0.15) is 18.1 Å². The third kappa shape index (κ3) is 9.25. The maximum Gasteiger partial charge on any atom is 0.328 e. The lowest BCUT2D eigenvalue weighted by Crippen LogP contribution is -2.58. The first-order valence-corrected chi connectivity index (χ1v) is 10.9. The van der Waals surface area contributed by atoms with Crippen molar-refractivity contribution in [1.82, 2.24) is 16.0 Å². The smallest absolute Gasteiger partial charge is 0.328 e. The number of amides is 3. The number of carbonyl (C=O) groups excluding carboxylic acids is 3. The molecule has 1 rings (SSSR count). The molecule has 11 heteroatoms. The van der Waals surface area contributed by atoms with Crippen molar-refractivity contribution in [2.75, 3.05) is 12.4 Å². The molecule has 0 aliphatic heterocycles. The molecule has 4 atom stereocenters. The highest BCUT2D eigenvalue weighted by Crippen LogP contribution is 2.07. The summed E-state index contributed by atoms with van der Waals surface area (Å²) in [5, 5.41) is 25.3. The second-order valence-corrected chi connectivity index (χ2v) is 8.18. The quantitative estimate of drug-likeness (QED) is 0.183. The summed E-state index contributed by atoms with van der Waals surface area (Å²) < 4.78 is 0. The Balaban J connectivity index is 2.96. The third-order valence-electron chi connectivity index (χ3n) is 4.59. The first kappa shape index (κ1) is 27.4. The Morgan fingerprint density at radius 3 is 1.97 bits per heavy atom. The van der Waals surface area contributed by atoms with Gasteiger partial charge in [-0.3, -0.25) is 14.4 Å². The van der Waals surface area contributed by atoms with Gasteiger partial charge in [0.25, 0.3) is 0 Å². The van der Waals surface area contributed by atoms with Gasteiger partial charge in [-0.2, -0.15) is 12.6 Å². The Labute approximate surface area is 192 Å². The molecule has 10 nitrogen and oxygen atoms in total. The van der Waals surface area contributed by atoms with E-state index in [1.54, 1.807) is 24.3 Å². The van der Waals surface area contributed by atoms with Gasteiger partial charge < -0.3 is 31.9 Å². The van der Waals surface area contributed by atoms with Gasteiger partial charge in [-0.25, -0.2) is 4.79 Å². The van der Waals surface area contributed by atoms with Crippen LogP contribution >= 0.6 is 12.6 Å². The second-order valence-electron chi connectivity index (χ2n) is 7.81. The molecule has 0 heterocycles. The fraction of sp³-hybridized carbons (Fsp3) is 0.524. The highest BCUT2D eigenvalue weighted by molar-refractivity contribution is 7.80. The minimum absolute atomic E-state index is 0.131. The molecule has 1 aromatic rings. The van der Waals surface area contributed by atoms with E-state index in [1.165, 1.54) is 0 Å². The van der Waals surface area contributed by atoms with Crippen LogP contribution in [0.5, 0.6) is 0 Å². The number of carboxylic acid groups (broad SMARTS) is 1. The van der Waals surface area contributed by atoms with Gasteiger partial charge in [-0.15, -0.1) is 0 Å². The molecule has 1 aromatic carbocycles. The molecule has 0 aromatic heterocycles.